The predicted molar refractivity (Wildman–Crippen MR) is 277 cm³/mol. The first kappa shape index (κ1) is 62.2. The summed E-state index contributed by atoms with van der Waals surface area (Å²) < 4.78 is 23.7. The molecule has 0 spiro atoms. The number of rotatable bonds is 48. The predicted octanol–water partition coefficient (Wildman–Crippen LogP) is 15.8. The topological polar surface area (TPSA) is 105 Å². The molecule has 3 N–H and O–H groups in total. The first-order valence-electron chi connectivity index (χ1n) is 26.7. The molecule has 0 aromatic carbocycles. The lowest BCUT2D eigenvalue weighted by molar-refractivity contribution is -0.870. The Bertz CT molecular complexity index is 1230. The number of carbonyl (C=O) groups is 1. The molecule has 3 unspecified atom stereocenters. The molecule has 0 heterocycles. The van der Waals surface area contributed by atoms with E-state index in [9.17, 15) is 19.4 Å². The number of nitrogens with one attached hydrogen (secondary N) is 1. The third kappa shape index (κ3) is 48.1. The van der Waals surface area contributed by atoms with E-state index in [1.165, 1.54) is 128 Å². The lowest BCUT2D eigenvalue weighted by Gasteiger charge is -2.26. The molecule has 0 aromatic rings. The third-order valence-electron chi connectivity index (χ3n) is 11.8. The van der Waals surface area contributed by atoms with Crippen LogP contribution < -0.4 is 5.32 Å². The minimum atomic E-state index is -4.33. The molecule has 8 nitrogen and oxygen atoms in total. The van der Waals surface area contributed by atoms with Crippen LogP contribution in [0.4, 0.5) is 0 Å². The standard InChI is InChI=1S/C55H103N2O6P/c1-6-8-10-12-14-16-18-20-22-24-26-27-28-29-31-33-35-37-39-41-43-45-47-49-55(59)56-53(52-63-64(60,61)62-51-50-57(3,4)5)54(58)48-46-44-42-40-38-36-34-32-30-25-23-21-19-17-15-13-11-9-7-2/h8,10,14,16,20,22,26-27,29,31,53-54,58H,6-7,9,11-13,15,17-19,21,23-25,28,30,32-52H2,1-5H3,(H-,56,59,60,61)/p+1/b10-8-,16-14-,22-20-,27-26-,31-29-. The Balaban J connectivity index is 4.27. The van der Waals surface area contributed by atoms with Crippen LogP contribution in [-0.2, 0) is 18.4 Å². The summed E-state index contributed by atoms with van der Waals surface area (Å²) in [6, 6.07) is -0.770. The van der Waals surface area contributed by atoms with Crippen LogP contribution in [0.25, 0.3) is 0 Å². The number of amides is 1. The maximum absolute atomic E-state index is 13.0. The number of quaternary nitrogens is 1. The molecule has 3 atom stereocenters. The average molecular weight is 920 g/mol. The van der Waals surface area contributed by atoms with E-state index in [1.807, 2.05) is 21.1 Å². The molecule has 9 heteroatoms. The number of carbonyl (C=O) groups excluding carboxylic acids is 1. The average Bonchev–Trinajstić information content (AvgIpc) is 3.25. The van der Waals surface area contributed by atoms with Gasteiger partial charge in [-0.25, -0.2) is 4.57 Å². The van der Waals surface area contributed by atoms with Crippen molar-refractivity contribution in [2.45, 2.75) is 244 Å². The third-order valence-corrected chi connectivity index (χ3v) is 12.8. The largest absolute Gasteiger partial charge is 0.472 e. The highest BCUT2D eigenvalue weighted by atomic mass is 31.2. The van der Waals surface area contributed by atoms with E-state index in [0.29, 0.717) is 23.9 Å². The molecular formula is C55H104N2O6P+. The summed E-state index contributed by atoms with van der Waals surface area (Å²) in [5, 5.41) is 14.0. The van der Waals surface area contributed by atoms with Crippen LogP contribution in [0, 0.1) is 0 Å². The maximum Gasteiger partial charge on any atom is 0.472 e. The Kier molecular flexibility index (Phi) is 45.0. The van der Waals surface area contributed by atoms with Crippen LogP contribution in [-0.4, -0.2) is 73.4 Å². The molecule has 1 amide bonds. The number of nitrogens with zero attached hydrogens (tertiary/aromatic N) is 1. The van der Waals surface area contributed by atoms with Crippen LogP contribution in [0.1, 0.15) is 232 Å². The number of hydrogen-bond acceptors (Lipinski definition) is 5. The van der Waals surface area contributed by atoms with Gasteiger partial charge in [-0.2, -0.15) is 0 Å². The molecule has 0 bridgehead atoms. The van der Waals surface area contributed by atoms with Gasteiger partial charge in [-0.1, -0.05) is 229 Å². The van der Waals surface area contributed by atoms with Gasteiger partial charge in [0.05, 0.1) is 39.9 Å². The summed E-state index contributed by atoms with van der Waals surface area (Å²) >= 11 is 0. The van der Waals surface area contributed by atoms with Gasteiger partial charge in [-0.05, 0) is 57.8 Å². The van der Waals surface area contributed by atoms with Gasteiger partial charge in [0.25, 0.3) is 0 Å². The van der Waals surface area contributed by atoms with Crippen molar-refractivity contribution < 1.29 is 32.9 Å². The van der Waals surface area contributed by atoms with Gasteiger partial charge in [0.2, 0.25) is 5.91 Å². The number of phosphoric acid groups is 1. The van der Waals surface area contributed by atoms with E-state index in [4.69, 9.17) is 9.05 Å². The maximum atomic E-state index is 13.0. The second-order valence-corrected chi connectivity index (χ2v) is 20.7. The summed E-state index contributed by atoms with van der Waals surface area (Å²) in [6.07, 6.45) is 61.1. The molecular weight excluding hydrogens is 816 g/mol. The Morgan fingerprint density at radius 1 is 0.547 bits per heavy atom. The molecule has 0 radical (unpaired) electrons. The van der Waals surface area contributed by atoms with Gasteiger partial charge >= 0.3 is 7.82 Å². The molecule has 0 aromatic heterocycles. The van der Waals surface area contributed by atoms with E-state index in [1.54, 1.807) is 0 Å². The minimum absolute atomic E-state index is 0.0700. The fourth-order valence-electron chi connectivity index (χ4n) is 7.60. The number of hydrogen-bond donors (Lipinski definition) is 3. The number of phosphoric ester groups is 1. The zero-order valence-electron chi connectivity index (χ0n) is 42.5. The molecule has 0 aliphatic heterocycles. The van der Waals surface area contributed by atoms with E-state index < -0.39 is 20.0 Å². The second kappa shape index (κ2) is 46.3. The van der Waals surface area contributed by atoms with Gasteiger partial charge in [0, 0.05) is 6.42 Å². The second-order valence-electron chi connectivity index (χ2n) is 19.2. The number of aliphatic hydroxyl groups is 1. The van der Waals surface area contributed by atoms with E-state index in [2.05, 4.69) is 79.9 Å². The smallest absolute Gasteiger partial charge is 0.391 e. The highest BCUT2D eigenvalue weighted by Gasteiger charge is 2.28. The minimum Gasteiger partial charge on any atom is -0.391 e. The Morgan fingerprint density at radius 3 is 1.38 bits per heavy atom. The Labute approximate surface area is 396 Å². The van der Waals surface area contributed by atoms with Crippen molar-refractivity contribution in [1.82, 2.24) is 5.32 Å². The fraction of sp³-hybridized carbons (Fsp3) is 0.800. The first-order chi connectivity index (χ1) is 31.0. The Morgan fingerprint density at radius 2 is 0.938 bits per heavy atom. The highest BCUT2D eigenvalue weighted by molar-refractivity contribution is 7.47. The van der Waals surface area contributed by atoms with Gasteiger partial charge < -0.3 is 19.8 Å². The quantitative estimate of drug-likeness (QED) is 0.0243. The molecule has 0 rings (SSSR count). The molecule has 64 heavy (non-hydrogen) atoms. The highest BCUT2D eigenvalue weighted by Crippen LogP contribution is 2.43. The summed E-state index contributed by atoms with van der Waals surface area (Å²) in [7, 11) is 1.60. The van der Waals surface area contributed by atoms with Crippen LogP contribution in [0.15, 0.2) is 60.8 Å². The van der Waals surface area contributed by atoms with Crippen LogP contribution >= 0.6 is 7.82 Å². The number of unbranched alkanes of at least 4 members (excludes halogenated alkanes) is 25. The van der Waals surface area contributed by atoms with E-state index >= 15 is 0 Å². The summed E-state index contributed by atoms with van der Waals surface area (Å²) in [5.41, 5.74) is 0. The summed E-state index contributed by atoms with van der Waals surface area (Å²) in [4.78, 5) is 23.3. The summed E-state index contributed by atoms with van der Waals surface area (Å²) in [6.45, 7) is 4.78. The summed E-state index contributed by atoms with van der Waals surface area (Å²) in [5.74, 6) is -0.156. The number of aliphatic hydroxyl groups excluding tert-OH is 1. The van der Waals surface area contributed by atoms with Crippen LogP contribution in [0.5, 0.6) is 0 Å². The van der Waals surface area contributed by atoms with E-state index in [-0.39, 0.29) is 19.1 Å². The van der Waals surface area contributed by atoms with Crippen LogP contribution in [0.2, 0.25) is 0 Å². The zero-order valence-corrected chi connectivity index (χ0v) is 43.4. The monoisotopic (exact) mass is 920 g/mol. The Hall–Kier alpha value is -1.80. The SMILES string of the molecule is CC/C=C\C/C=C\C/C=C\C/C=C\C/C=C\CCCCCCCCCC(=O)NC(COP(=O)(O)OCC[N+](C)(C)C)C(O)CCCCCCCCCCCCCCCCCCCCC. The number of allylic oxidation sites excluding steroid dienone is 10. The molecule has 0 aliphatic rings. The number of likely N-dealkylation sites (N-methyl/N-ethyl adjacent to an activating group) is 1. The van der Waals surface area contributed by atoms with Crippen molar-refractivity contribution in [2.75, 3.05) is 40.9 Å². The first-order valence-corrected chi connectivity index (χ1v) is 28.1. The molecule has 0 saturated carbocycles. The van der Waals surface area contributed by atoms with Gasteiger partial charge in [-0.15, -0.1) is 0 Å². The zero-order chi connectivity index (χ0) is 47.1. The van der Waals surface area contributed by atoms with Gasteiger partial charge in [0.15, 0.2) is 0 Å². The van der Waals surface area contributed by atoms with Crippen molar-refractivity contribution in [3.05, 3.63) is 60.8 Å². The van der Waals surface area contributed by atoms with Crippen molar-refractivity contribution in [3.8, 4) is 0 Å². The fourth-order valence-corrected chi connectivity index (χ4v) is 8.34. The van der Waals surface area contributed by atoms with Gasteiger partial charge in [0.1, 0.15) is 13.2 Å². The molecule has 0 fully saturated rings. The van der Waals surface area contributed by atoms with Crippen LogP contribution in [0.3, 0.4) is 0 Å². The lowest BCUT2D eigenvalue weighted by Crippen LogP contribution is -2.46. The van der Waals surface area contributed by atoms with Crippen molar-refractivity contribution >= 4 is 13.7 Å². The van der Waals surface area contributed by atoms with Crippen molar-refractivity contribution in [2.24, 2.45) is 0 Å². The van der Waals surface area contributed by atoms with Crippen molar-refractivity contribution in [3.63, 3.8) is 0 Å². The molecule has 0 saturated heterocycles. The lowest BCUT2D eigenvalue weighted by atomic mass is 10.0. The molecule has 0 aliphatic carbocycles. The normalized spacial score (nSPS) is 14.5. The van der Waals surface area contributed by atoms with Crippen molar-refractivity contribution in [1.29, 1.82) is 0 Å². The van der Waals surface area contributed by atoms with E-state index in [0.717, 1.165) is 77.0 Å². The van der Waals surface area contributed by atoms with Gasteiger partial charge in [-0.3, -0.25) is 13.8 Å². The molecule has 374 valence electrons.